The molecule has 0 saturated heterocycles. The standard InChI is InChI=1S/C8H7Cl.Mg.2H/c1-2-7-3-5-8(9)6-4-7;;;/h2-6H,1H2;;;. The Morgan fingerprint density at radius 2 is 1.70 bits per heavy atom. The topological polar surface area (TPSA) is 0 Å². The van der Waals surface area contributed by atoms with Gasteiger partial charge in [0.2, 0.25) is 0 Å². The van der Waals surface area contributed by atoms with Crippen molar-refractivity contribution >= 4 is 40.7 Å². The SMILES string of the molecule is C=Cc1ccc(Cl)cc1.[MgH2]. The summed E-state index contributed by atoms with van der Waals surface area (Å²) in [7, 11) is 0. The number of rotatable bonds is 1. The third-order valence-corrected chi connectivity index (χ3v) is 1.36. The molecule has 0 aliphatic rings. The molecule has 0 amide bonds. The van der Waals surface area contributed by atoms with Gasteiger partial charge in [0.05, 0.1) is 0 Å². The summed E-state index contributed by atoms with van der Waals surface area (Å²) in [6.07, 6.45) is 1.79. The maximum Gasteiger partial charge on any atom is 0.316 e. The lowest BCUT2D eigenvalue weighted by molar-refractivity contribution is 1.66. The van der Waals surface area contributed by atoms with Gasteiger partial charge in [0, 0.05) is 5.02 Å². The van der Waals surface area contributed by atoms with E-state index in [1.54, 1.807) is 6.08 Å². The molecular weight excluding hydrogens is 156 g/mol. The van der Waals surface area contributed by atoms with Crippen molar-refractivity contribution in [2.45, 2.75) is 0 Å². The summed E-state index contributed by atoms with van der Waals surface area (Å²) >= 11 is 5.63. The average molecular weight is 165 g/mol. The Morgan fingerprint density at radius 3 is 2.10 bits per heavy atom. The highest BCUT2D eigenvalue weighted by Gasteiger charge is 1.84. The zero-order valence-electron chi connectivity index (χ0n) is 4.97. The van der Waals surface area contributed by atoms with Gasteiger partial charge in [-0.05, 0) is 17.7 Å². The fourth-order valence-corrected chi connectivity index (χ4v) is 0.725. The minimum atomic E-state index is 0. The Hall–Kier alpha value is 0.0162. The van der Waals surface area contributed by atoms with E-state index in [0.717, 1.165) is 10.6 Å². The molecule has 50 valence electrons. The molecule has 0 aromatic heterocycles. The quantitative estimate of drug-likeness (QED) is 0.558. The molecule has 0 heterocycles. The van der Waals surface area contributed by atoms with E-state index in [-0.39, 0.29) is 23.1 Å². The Bertz CT molecular complexity index is 203. The lowest BCUT2D eigenvalue weighted by Gasteiger charge is -1.89. The van der Waals surface area contributed by atoms with E-state index in [0.29, 0.717) is 0 Å². The van der Waals surface area contributed by atoms with Crippen LogP contribution in [-0.2, 0) is 0 Å². The molecule has 0 spiro atoms. The number of benzene rings is 1. The van der Waals surface area contributed by atoms with E-state index in [9.17, 15) is 0 Å². The molecular formula is C8H9ClMg. The van der Waals surface area contributed by atoms with Gasteiger partial charge in [-0.1, -0.05) is 36.4 Å². The maximum absolute atomic E-state index is 5.63. The molecule has 0 unspecified atom stereocenters. The van der Waals surface area contributed by atoms with E-state index in [1.807, 2.05) is 24.3 Å². The molecule has 0 fully saturated rings. The third-order valence-electron chi connectivity index (χ3n) is 1.11. The van der Waals surface area contributed by atoms with Crippen molar-refractivity contribution in [2.24, 2.45) is 0 Å². The zero-order chi connectivity index (χ0) is 6.69. The van der Waals surface area contributed by atoms with Crippen molar-refractivity contribution in [3.63, 3.8) is 0 Å². The van der Waals surface area contributed by atoms with Crippen molar-refractivity contribution < 1.29 is 0 Å². The van der Waals surface area contributed by atoms with Crippen molar-refractivity contribution in [1.82, 2.24) is 0 Å². The summed E-state index contributed by atoms with van der Waals surface area (Å²) in [5, 5.41) is 0.764. The average Bonchev–Trinajstić information content (AvgIpc) is 1.90. The van der Waals surface area contributed by atoms with Crippen molar-refractivity contribution in [3.05, 3.63) is 41.4 Å². The van der Waals surface area contributed by atoms with Gasteiger partial charge in [0.1, 0.15) is 0 Å². The van der Waals surface area contributed by atoms with Gasteiger partial charge < -0.3 is 0 Å². The first-order valence-corrected chi connectivity index (χ1v) is 3.09. The first-order valence-electron chi connectivity index (χ1n) is 2.71. The minimum Gasteiger partial charge on any atom is -0.0985 e. The monoisotopic (exact) mass is 164 g/mol. The summed E-state index contributed by atoms with van der Waals surface area (Å²) in [5.41, 5.74) is 1.10. The lowest BCUT2D eigenvalue weighted by atomic mass is 10.2. The van der Waals surface area contributed by atoms with Crippen molar-refractivity contribution in [2.75, 3.05) is 0 Å². The lowest BCUT2D eigenvalue weighted by Crippen LogP contribution is -1.67. The van der Waals surface area contributed by atoms with Crippen LogP contribution in [0, 0.1) is 0 Å². The van der Waals surface area contributed by atoms with Gasteiger partial charge in [-0.3, -0.25) is 0 Å². The third kappa shape index (κ3) is 2.73. The van der Waals surface area contributed by atoms with Crippen LogP contribution < -0.4 is 0 Å². The van der Waals surface area contributed by atoms with Crippen LogP contribution in [0.1, 0.15) is 5.56 Å². The molecule has 0 aliphatic heterocycles. The normalized spacial score (nSPS) is 8.10. The molecule has 10 heavy (non-hydrogen) atoms. The second-order valence-electron chi connectivity index (χ2n) is 1.76. The van der Waals surface area contributed by atoms with Crippen LogP contribution in [0.2, 0.25) is 5.02 Å². The Labute approximate surface area is 82.0 Å². The first-order chi connectivity index (χ1) is 4.33. The summed E-state index contributed by atoms with van der Waals surface area (Å²) in [6, 6.07) is 7.54. The van der Waals surface area contributed by atoms with Crippen molar-refractivity contribution in [1.29, 1.82) is 0 Å². The van der Waals surface area contributed by atoms with Crippen LogP contribution in [0.4, 0.5) is 0 Å². The van der Waals surface area contributed by atoms with E-state index in [4.69, 9.17) is 11.6 Å². The number of hydrogen-bond acceptors (Lipinski definition) is 0. The van der Waals surface area contributed by atoms with Crippen LogP contribution in [-0.4, -0.2) is 23.1 Å². The van der Waals surface area contributed by atoms with Gasteiger partial charge in [-0.2, -0.15) is 0 Å². The molecule has 2 heteroatoms. The number of halogens is 1. The van der Waals surface area contributed by atoms with E-state index in [1.165, 1.54) is 0 Å². The molecule has 0 N–H and O–H groups in total. The van der Waals surface area contributed by atoms with Crippen LogP contribution in [0.5, 0.6) is 0 Å². The number of hydrogen-bond donors (Lipinski definition) is 0. The molecule has 1 rings (SSSR count). The summed E-state index contributed by atoms with van der Waals surface area (Å²) < 4.78 is 0. The Morgan fingerprint density at radius 1 is 1.20 bits per heavy atom. The highest BCUT2D eigenvalue weighted by Crippen LogP contribution is 2.09. The predicted octanol–water partition coefficient (Wildman–Crippen LogP) is 2.07. The molecule has 0 atom stereocenters. The van der Waals surface area contributed by atoms with E-state index >= 15 is 0 Å². The van der Waals surface area contributed by atoms with Gasteiger partial charge in [0.15, 0.2) is 0 Å². The summed E-state index contributed by atoms with van der Waals surface area (Å²) in [5.74, 6) is 0. The van der Waals surface area contributed by atoms with Crippen LogP contribution in [0.15, 0.2) is 30.8 Å². The molecule has 1 aromatic carbocycles. The van der Waals surface area contributed by atoms with Gasteiger partial charge in [-0.25, -0.2) is 0 Å². The second-order valence-corrected chi connectivity index (χ2v) is 2.19. The van der Waals surface area contributed by atoms with Crippen LogP contribution in [0.25, 0.3) is 6.08 Å². The second kappa shape index (κ2) is 4.77. The zero-order valence-corrected chi connectivity index (χ0v) is 5.73. The van der Waals surface area contributed by atoms with E-state index in [2.05, 4.69) is 6.58 Å². The highest BCUT2D eigenvalue weighted by molar-refractivity contribution is 6.30. The van der Waals surface area contributed by atoms with Crippen LogP contribution in [0.3, 0.4) is 0 Å². The smallest absolute Gasteiger partial charge is 0.0985 e. The van der Waals surface area contributed by atoms with Gasteiger partial charge >= 0.3 is 23.1 Å². The summed E-state index contributed by atoms with van der Waals surface area (Å²) in [4.78, 5) is 0. The van der Waals surface area contributed by atoms with E-state index < -0.39 is 0 Å². The Kier molecular flexibility index (Phi) is 4.78. The van der Waals surface area contributed by atoms with Crippen LogP contribution >= 0.6 is 11.6 Å². The largest absolute Gasteiger partial charge is 0.316 e. The molecule has 0 saturated carbocycles. The molecule has 0 bridgehead atoms. The summed E-state index contributed by atoms with van der Waals surface area (Å²) in [6.45, 7) is 3.62. The van der Waals surface area contributed by atoms with Gasteiger partial charge in [-0.15, -0.1) is 0 Å². The molecule has 1 aromatic rings. The first kappa shape index (κ1) is 10.0. The van der Waals surface area contributed by atoms with Gasteiger partial charge in [0.25, 0.3) is 0 Å². The fourth-order valence-electron chi connectivity index (χ4n) is 0.599. The molecule has 0 aliphatic carbocycles. The fraction of sp³-hybridized carbons (Fsp3) is 0. The Balaban J connectivity index is 0.000000810. The molecule has 0 nitrogen and oxygen atoms in total. The highest BCUT2D eigenvalue weighted by atomic mass is 35.5. The predicted molar refractivity (Wildman–Crippen MR) is 50.1 cm³/mol. The maximum atomic E-state index is 5.63. The van der Waals surface area contributed by atoms with Crippen molar-refractivity contribution in [3.8, 4) is 0 Å². The molecule has 0 radical (unpaired) electrons. The minimum absolute atomic E-state index is 0.